The van der Waals surface area contributed by atoms with Gasteiger partial charge in [-0.3, -0.25) is 4.79 Å². The largest absolute Gasteiger partial charge is 0.481 e. The first-order valence-electron chi connectivity index (χ1n) is 7.14. The van der Waals surface area contributed by atoms with E-state index in [-0.39, 0.29) is 18.8 Å². The third-order valence-electron chi connectivity index (χ3n) is 3.46. The van der Waals surface area contributed by atoms with Crippen LogP contribution in [-0.4, -0.2) is 40.8 Å². The van der Waals surface area contributed by atoms with Crippen molar-refractivity contribution >= 4 is 18.0 Å². The standard InChI is InChI=1S/C14H26N2O5/c1-8(2)10(9(3)4)7-15-14(21)16-11(13(19)20)5-6-12(17)18/h8-11H,5-7H2,1-4H3,(H,17,18)(H,19,20)(H2,15,16,21)/t11-/m0/s1. The smallest absolute Gasteiger partial charge is 0.326 e. The quantitative estimate of drug-likeness (QED) is 0.515. The molecule has 4 N–H and O–H groups in total. The molecule has 0 aliphatic carbocycles. The number of carboxylic acid groups (broad SMARTS) is 2. The number of carboxylic acids is 2. The van der Waals surface area contributed by atoms with Crippen molar-refractivity contribution in [2.24, 2.45) is 17.8 Å². The van der Waals surface area contributed by atoms with Crippen LogP contribution < -0.4 is 10.6 Å². The molecule has 0 saturated heterocycles. The lowest BCUT2D eigenvalue weighted by molar-refractivity contribution is -0.140. The third-order valence-corrected chi connectivity index (χ3v) is 3.46. The molecule has 0 aliphatic rings. The molecule has 122 valence electrons. The number of urea groups is 1. The van der Waals surface area contributed by atoms with Gasteiger partial charge in [-0.1, -0.05) is 27.7 Å². The second kappa shape index (κ2) is 9.20. The molecular weight excluding hydrogens is 276 g/mol. The van der Waals surface area contributed by atoms with Crippen LogP contribution in [0.5, 0.6) is 0 Å². The number of hydrogen-bond donors (Lipinski definition) is 4. The molecule has 0 heterocycles. The molecule has 0 aromatic rings. The molecule has 0 radical (unpaired) electrons. The fourth-order valence-corrected chi connectivity index (χ4v) is 2.19. The highest BCUT2D eigenvalue weighted by atomic mass is 16.4. The Morgan fingerprint density at radius 2 is 1.52 bits per heavy atom. The van der Waals surface area contributed by atoms with Crippen LogP contribution >= 0.6 is 0 Å². The zero-order valence-electron chi connectivity index (χ0n) is 13.0. The van der Waals surface area contributed by atoms with Crippen LogP contribution in [0.2, 0.25) is 0 Å². The molecule has 0 saturated carbocycles. The van der Waals surface area contributed by atoms with Gasteiger partial charge in [0.2, 0.25) is 0 Å². The highest BCUT2D eigenvalue weighted by molar-refractivity contribution is 5.82. The zero-order chi connectivity index (χ0) is 16.6. The number of carbonyl (C=O) groups is 3. The van der Waals surface area contributed by atoms with Gasteiger partial charge >= 0.3 is 18.0 Å². The molecule has 7 heteroatoms. The van der Waals surface area contributed by atoms with Crippen molar-refractivity contribution in [1.29, 1.82) is 0 Å². The van der Waals surface area contributed by atoms with Crippen LogP contribution in [-0.2, 0) is 9.59 Å². The van der Waals surface area contributed by atoms with Crippen LogP contribution in [0.4, 0.5) is 4.79 Å². The molecule has 7 nitrogen and oxygen atoms in total. The van der Waals surface area contributed by atoms with E-state index in [0.717, 1.165) is 0 Å². The maximum Gasteiger partial charge on any atom is 0.326 e. The number of carbonyl (C=O) groups excluding carboxylic acids is 1. The van der Waals surface area contributed by atoms with Crippen molar-refractivity contribution in [3.05, 3.63) is 0 Å². The lowest BCUT2D eigenvalue weighted by atomic mass is 9.85. The van der Waals surface area contributed by atoms with Gasteiger partial charge in [0.1, 0.15) is 6.04 Å². The van der Waals surface area contributed by atoms with Gasteiger partial charge in [-0.05, 0) is 24.2 Å². The van der Waals surface area contributed by atoms with Crippen LogP contribution in [0.1, 0.15) is 40.5 Å². The Labute approximate surface area is 125 Å². The Morgan fingerprint density at radius 3 is 1.90 bits per heavy atom. The maximum absolute atomic E-state index is 11.7. The molecule has 0 spiro atoms. The van der Waals surface area contributed by atoms with Crippen molar-refractivity contribution < 1.29 is 24.6 Å². The Bertz CT molecular complexity index is 360. The predicted octanol–water partition coefficient (Wildman–Crippen LogP) is 1.53. The second-order valence-electron chi connectivity index (χ2n) is 5.83. The molecule has 0 rings (SSSR count). The fraction of sp³-hybridized carbons (Fsp3) is 0.786. The third kappa shape index (κ3) is 8.16. The van der Waals surface area contributed by atoms with E-state index >= 15 is 0 Å². The van der Waals surface area contributed by atoms with E-state index < -0.39 is 24.0 Å². The molecule has 0 fully saturated rings. The topological polar surface area (TPSA) is 116 Å². The first-order valence-corrected chi connectivity index (χ1v) is 7.14. The Kier molecular flexibility index (Phi) is 8.42. The highest BCUT2D eigenvalue weighted by Gasteiger charge is 2.22. The van der Waals surface area contributed by atoms with E-state index in [1.807, 2.05) is 0 Å². The summed E-state index contributed by atoms with van der Waals surface area (Å²) in [5, 5.41) is 22.5. The number of rotatable bonds is 9. The number of aliphatic carboxylic acids is 2. The summed E-state index contributed by atoms with van der Waals surface area (Å²) in [4.78, 5) is 33.1. The number of nitrogens with one attached hydrogen (secondary N) is 2. The molecule has 0 aromatic carbocycles. The summed E-state index contributed by atoms with van der Waals surface area (Å²) in [6.45, 7) is 8.72. The van der Waals surface area contributed by atoms with Crippen LogP contribution in [0.25, 0.3) is 0 Å². The number of amides is 2. The molecule has 0 bridgehead atoms. The van der Waals surface area contributed by atoms with Gasteiger partial charge in [0.15, 0.2) is 0 Å². The van der Waals surface area contributed by atoms with E-state index in [9.17, 15) is 14.4 Å². The SMILES string of the molecule is CC(C)C(CNC(=O)N[C@@H](CCC(=O)O)C(=O)O)C(C)C. The van der Waals surface area contributed by atoms with Crippen LogP contribution in [0.3, 0.4) is 0 Å². The first kappa shape index (κ1) is 19.2. The lowest BCUT2D eigenvalue weighted by Gasteiger charge is -2.25. The highest BCUT2D eigenvalue weighted by Crippen LogP contribution is 2.19. The van der Waals surface area contributed by atoms with Crippen molar-refractivity contribution in [2.75, 3.05) is 6.54 Å². The maximum atomic E-state index is 11.7. The van der Waals surface area contributed by atoms with Crippen LogP contribution in [0, 0.1) is 17.8 Å². The lowest BCUT2D eigenvalue weighted by Crippen LogP contribution is -2.47. The van der Waals surface area contributed by atoms with E-state index in [2.05, 4.69) is 38.3 Å². The Hall–Kier alpha value is -1.79. The average molecular weight is 302 g/mol. The predicted molar refractivity (Wildman–Crippen MR) is 78.0 cm³/mol. The normalized spacial score (nSPS) is 12.5. The summed E-state index contributed by atoms with van der Waals surface area (Å²) in [5.41, 5.74) is 0. The van der Waals surface area contributed by atoms with Gasteiger partial charge in [0, 0.05) is 13.0 Å². The van der Waals surface area contributed by atoms with Gasteiger partial charge < -0.3 is 20.8 Å². The minimum absolute atomic E-state index is 0.143. The Morgan fingerprint density at radius 1 is 1.00 bits per heavy atom. The van der Waals surface area contributed by atoms with Crippen molar-refractivity contribution in [3.8, 4) is 0 Å². The summed E-state index contributed by atoms with van der Waals surface area (Å²) in [7, 11) is 0. The van der Waals surface area contributed by atoms with E-state index in [1.54, 1.807) is 0 Å². The molecule has 21 heavy (non-hydrogen) atoms. The summed E-state index contributed by atoms with van der Waals surface area (Å²) < 4.78 is 0. The average Bonchev–Trinajstić information content (AvgIpc) is 2.32. The first-order chi connectivity index (χ1) is 9.65. The minimum atomic E-state index is -1.24. The van der Waals surface area contributed by atoms with Crippen molar-refractivity contribution in [1.82, 2.24) is 10.6 Å². The van der Waals surface area contributed by atoms with Crippen molar-refractivity contribution in [3.63, 3.8) is 0 Å². The summed E-state index contributed by atoms with van der Waals surface area (Å²) in [6.07, 6.45) is -0.451. The molecule has 0 unspecified atom stereocenters. The monoisotopic (exact) mass is 302 g/mol. The van der Waals surface area contributed by atoms with Gasteiger partial charge in [0.05, 0.1) is 0 Å². The van der Waals surface area contributed by atoms with Gasteiger partial charge in [-0.15, -0.1) is 0 Å². The van der Waals surface area contributed by atoms with E-state index in [1.165, 1.54) is 0 Å². The van der Waals surface area contributed by atoms with Crippen LogP contribution in [0.15, 0.2) is 0 Å². The molecule has 2 amide bonds. The van der Waals surface area contributed by atoms with Gasteiger partial charge in [0.25, 0.3) is 0 Å². The number of hydrogen-bond acceptors (Lipinski definition) is 3. The molecular formula is C14H26N2O5. The fourth-order valence-electron chi connectivity index (χ4n) is 2.19. The molecule has 0 aromatic heterocycles. The Balaban J connectivity index is 4.37. The second-order valence-corrected chi connectivity index (χ2v) is 5.83. The minimum Gasteiger partial charge on any atom is -0.481 e. The summed E-state index contributed by atoms with van der Waals surface area (Å²) in [6, 6.07) is -1.78. The molecule has 1 atom stereocenters. The zero-order valence-corrected chi connectivity index (χ0v) is 13.0. The van der Waals surface area contributed by atoms with Gasteiger partial charge in [-0.25, -0.2) is 9.59 Å². The van der Waals surface area contributed by atoms with E-state index in [0.29, 0.717) is 18.4 Å². The summed E-state index contributed by atoms with van der Waals surface area (Å²) >= 11 is 0. The van der Waals surface area contributed by atoms with Crippen molar-refractivity contribution in [2.45, 2.75) is 46.6 Å². The van der Waals surface area contributed by atoms with Gasteiger partial charge in [-0.2, -0.15) is 0 Å². The molecule has 0 aliphatic heterocycles. The van der Waals surface area contributed by atoms with E-state index in [4.69, 9.17) is 10.2 Å². The summed E-state index contributed by atoms with van der Waals surface area (Å²) in [5.74, 6) is -1.25.